The van der Waals surface area contributed by atoms with Crippen molar-refractivity contribution in [2.45, 2.75) is 0 Å². The average Bonchev–Trinajstić information content (AvgIpc) is 2.34. The third-order valence-corrected chi connectivity index (χ3v) is 2.19. The Labute approximate surface area is 66.8 Å². The van der Waals surface area contributed by atoms with E-state index in [9.17, 15) is 0 Å². The van der Waals surface area contributed by atoms with Gasteiger partial charge in [0, 0.05) is 0 Å². The van der Waals surface area contributed by atoms with Gasteiger partial charge in [0.25, 0.3) is 0 Å². The van der Waals surface area contributed by atoms with Gasteiger partial charge in [-0.3, -0.25) is 0 Å². The first kappa shape index (κ1) is 6.02. The number of benzene rings is 1. The molecule has 2 rings (SSSR count). The second kappa shape index (κ2) is 2.15. The molecule has 0 spiro atoms. The van der Waals surface area contributed by atoms with Crippen molar-refractivity contribution in [3.05, 3.63) is 30.5 Å². The first-order valence-corrected chi connectivity index (χ1v) is 3.97. The van der Waals surface area contributed by atoms with Gasteiger partial charge in [0.2, 0.25) is 0 Å². The van der Waals surface area contributed by atoms with E-state index in [1.807, 2.05) is 24.3 Å². The van der Waals surface area contributed by atoms with Gasteiger partial charge in [0.1, 0.15) is 0 Å². The molecule has 1 nitrogen and oxygen atoms in total. The SMILES string of the molecule is [SeH]c1coc2ccccc12. The average molecular weight is 197 g/mol. The molecule has 10 heavy (non-hydrogen) atoms. The molecule has 1 aromatic carbocycles. The summed E-state index contributed by atoms with van der Waals surface area (Å²) < 4.78 is 6.37. The van der Waals surface area contributed by atoms with E-state index in [-0.39, 0.29) is 0 Å². The van der Waals surface area contributed by atoms with Crippen LogP contribution < -0.4 is 4.46 Å². The molecular weight excluding hydrogens is 191 g/mol. The monoisotopic (exact) mass is 198 g/mol. The van der Waals surface area contributed by atoms with Gasteiger partial charge in [0.05, 0.1) is 0 Å². The van der Waals surface area contributed by atoms with Crippen molar-refractivity contribution in [2.24, 2.45) is 0 Å². The number of fused-ring (bicyclic) bond motifs is 1. The van der Waals surface area contributed by atoms with Gasteiger partial charge < -0.3 is 0 Å². The van der Waals surface area contributed by atoms with Crippen molar-refractivity contribution in [3.63, 3.8) is 0 Å². The summed E-state index contributed by atoms with van der Waals surface area (Å²) in [5.41, 5.74) is 0.957. The van der Waals surface area contributed by atoms with Crippen molar-refractivity contribution in [1.29, 1.82) is 0 Å². The van der Waals surface area contributed by atoms with Crippen LogP contribution >= 0.6 is 0 Å². The van der Waals surface area contributed by atoms with Gasteiger partial charge in [-0.05, 0) is 0 Å². The van der Waals surface area contributed by atoms with E-state index in [1.54, 1.807) is 6.26 Å². The molecule has 0 bridgehead atoms. The van der Waals surface area contributed by atoms with Gasteiger partial charge in [-0.25, -0.2) is 0 Å². The van der Waals surface area contributed by atoms with Crippen LogP contribution in [0.15, 0.2) is 34.9 Å². The Kier molecular flexibility index (Phi) is 1.30. The first-order valence-electron chi connectivity index (χ1n) is 3.03. The van der Waals surface area contributed by atoms with Gasteiger partial charge in [0.15, 0.2) is 0 Å². The molecule has 0 amide bonds. The standard InChI is InChI=1S/C8H6OSe/c10-8-5-9-7-4-2-1-3-6(7)8/h1-5,10H. The zero-order valence-corrected chi connectivity index (χ0v) is 7.12. The van der Waals surface area contributed by atoms with E-state index in [2.05, 4.69) is 16.0 Å². The van der Waals surface area contributed by atoms with E-state index in [1.165, 1.54) is 5.39 Å². The number of rotatable bonds is 0. The Bertz CT molecular complexity index is 351. The minimum atomic E-state index is 0.957. The number of hydrogen-bond donors (Lipinski definition) is 0. The molecule has 0 saturated heterocycles. The van der Waals surface area contributed by atoms with Crippen molar-refractivity contribution in [3.8, 4) is 0 Å². The fraction of sp³-hybridized carbons (Fsp3) is 0. The number of hydrogen-bond acceptors (Lipinski definition) is 1. The normalized spacial score (nSPS) is 10.5. The van der Waals surface area contributed by atoms with Crippen LogP contribution in [0.1, 0.15) is 0 Å². The van der Waals surface area contributed by atoms with Crippen molar-refractivity contribution in [2.75, 3.05) is 0 Å². The zero-order valence-electron chi connectivity index (χ0n) is 5.24. The molecule has 0 aliphatic heterocycles. The molecule has 0 fully saturated rings. The van der Waals surface area contributed by atoms with Crippen LogP contribution in [-0.2, 0) is 0 Å². The van der Waals surface area contributed by atoms with Gasteiger partial charge in [-0.1, -0.05) is 0 Å². The van der Waals surface area contributed by atoms with Crippen molar-refractivity contribution in [1.82, 2.24) is 0 Å². The maximum atomic E-state index is 5.23. The molecule has 0 aliphatic rings. The van der Waals surface area contributed by atoms with Crippen molar-refractivity contribution >= 4 is 31.4 Å². The Morgan fingerprint density at radius 3 is 2.80 bits per heavy atom. The summed E-state index contributed by atoms with van der Waals surface area (Å²) in [6.45, 7) is 0. The molecular formula is C8H6OSe. The van der Waals surface area contributed by atoms with Crippen LogP contribution in [0, 0.1) is 0 Å². The molecule has 0 saturated carbocycles. The fourth-order valence-corrected chi connectivity index (χ4v) is 1.46. The molecule has 50 valence electrons. The van der Waals surface area contributed by atoms with Crippen LogP contribution in [0.5, 0.6) is 0 Å². The molecule has 1 heterocycles. The zero-order chi connectivity index (χ0) is 6.97. The second-order valence-corrected chi connectivity index (χ2v) is 3.13. The third kappa shape index (κ3) is 0.772. The van der Waals surface area contributed by atoms with Gasteiger partial charge >= 0.3 is 66.4 Å². The summed E-state index contributed by atoms with van der Waals surface area (Å²) in [7, 11) is 0. The number of para-hydroxylation sites is 1. The molecule has 0 atom stereocenters. The van der Waals surface area contributed by atoms with E-state index < -0.39 is 0 Å². The summed E-state index contributed by atoms with van der Waals surface area (Å²) in [5.74, 6) is 0. The molecule has 2 heteroatoms. The Morgan fingerprint density at radius 1 is 1.20 bits per heavy atom. The predicted octanol–water partition coefficient (Wildman–Crippen LogP) is 0.959. The third-order valence-electron chi connectivity index (χ3n) is 1.46. The Morgan fingerprint density at radius 2 is 2.00 bits per heavy atom. The van der Waals surface area contributed by atoms with Crippen molar-refractivity contribution < 1.29 is 4.42 Å². The van der Waals surface area contributed by atoms with Gasteiger partial charge in [-0.15, -0.1) is 0 Å². The van der Waals surface area contributed by atoms with E-state index in [0.717, 1.165) is 10.0 Å². The maximum absolute atomic E-state index is 5.23. The van der Waals surface area contributed by atoms with Gasteiger partial charge in [-0.2, -0.15) is 0 Å². The summed E-state index contributed by atoms with van der Waals surface area (Å²) >= 11 is 2.49. The Balaban J connectivity index is 2.93. The van der Waals surface area contributed by atoms with Crippen LogP contribution in [-0.4, -0.2) is 16.0 Å². The van der Waals surface area contributed by atoms with E-state index >= 15 is 0 Å². The number of furan rings is 1. The topological polar surface area (TPSA) is 13.1 Å². The van der Waals surface area contributed by atoms with Crippen LogP contribution in [0.3, 0.4) is 0 Å². The Hall–Kier alpha value is -0.721. The van der Waals surface area contributed by atoms with Crippen LogP contribution in [0.2, 0.25) is 0 Å². The van der Waals surface area contributed by atoms with E-state index in [4.69, 9.17) is 4.42 Å². The quantitative estimate of drug-likeness (QED) is 0.573. The summed E-state index contributed by atoms with van der Waals surface area (Å²) in [4.78, 5) is 0. The molecule has 0 aliphatic carbocycles. The molecule has 0 radical (unpaired) electrons. The molecule has 1 aromatic heterocycles. The molecule has 0 unspecified atom stereocenters. The molecule has 0 N–H and O–H groups in total. The molecule has 2 aromatic rings. The summed E-state index contributed by atoms with van der Waals surface area (Å²) in [6.07, 6.45) is 1.75. The van der Waals surface area contributed by atoms with Crippen LogP contribution in [0.25, 0.3) is 11.0 Å². The first-order chi connectivity index (χ1) is 4.88. The second-order valence-electron chi connectivity index (χ2n) is 2.12. The van der Waals surface area contributed by atoms with Crippen LogP contribution in [0.4, 0.5) is 0 Å². The summed E-state index contributed by atoms with van der Waals surface area (Å²) in [6, 6.07) is 7.99. The summed E-state index contributed by atoms with van der Waals surface area (Å²) in [5, 5.41) is 1.18. The minimum absolute atomic E-state index is 0.957. The fourth-order valence-electron chi connectivity index (χ4n) is 0.964. The van der Waals surface area contributed by atoms with E-state index in [0.29, 0.717) is 0 Å². The predicted molar refractivity (Wildman–Crippen MR) is 43.0 cm³/mol.